The molecule has 3 aromatic rings. The van der Waals surface area contributed by atoms with Gasteiger partial charge in [0.15, 0.2) is 23.2 Å². The van der Waals surface area contributed by atoms with Crippen molar-refractivity contribution in [2.24, 2.45) is 0 Å². The fourth-order valence-corrected chi connectivity index (χ4v) is 3.81. The quantitative estimate of drug-likeness (QED) is 0.665. The van der Waals surface area contributed by atoms with Crippen molar-refractivity contribution in [3.63, 3.8) is 0 Å². The van der Waals surface area contributed by atoms with Gasteiger partial charge in [-0.3, -0.25) is 4.79 Å². The van der Waals surface area contributed by atoms with E-state index >= 15 is 0 Å². The zero-order valence-electron chi connectivity index (χ0n) is 13.4. The molecule has 0 saturated carbocycles. The van der Waals surface area contributed by atoms with Gasteiger partial charge < -0.3 is 28.5 Å². The highest BCUT2D eigenvalue weighted by Gasteiger charge is 2.56. The lowest BCUT2D eigenvalue weighted by atomic mass is 9.77. The van der Waals surface area contributed by atoms with Crippen molar-refractivity contribution in [2.75, 3.05) is 13.4 Å². The summed E-state index contributed by atoms with van der Waals surface area (Å²) in [5, 5.41) is 12.2. The zero-order valence-corrected chi connectivity index (χ0v) is 13.4. The Bertz CT molecular complexity index is 1100. The summed E-state index contributed by atoms with van der Waals surface area (Å²) >= 11 is 0. The first-order valence-corrected chi connectivity index (χ1v) is 8.16. The number of Topliss-reactive ketones (excluding diaryl/α,β-unsaturated/α-hetero) is 1. The highest BCUT2D eigenvalue weighted by molar-refractivity contribution is 6.09. The molecular formula is C19H12O7. The van der Waals surface area contributed by atoms with E-state index in [-0.39, 0.29) is 13.4 Å². The number of benzene rings is 2. The number of ether oxygens (including phenoxy) is 4. The number of rotatable bonds is 0. The molecule has 2 aromatic carbocycles. The molecule has 0 unspecified atom stereocenters. The van der Waals surface area contributed by atoms with Crippen molar-refractivity contribution >= 4 is 16.8 Å². The second-order valence-electron chi connectivity index (χ2n) is 6.52. The number of fused-ring (bicyclic) bond motifs is 6. The SMILES string of the molecule is O=C1c2cc3ccoc3cc2O[C@H]2COc3cc4c(cc3[C@@]12O)OCO4. The molecule has 7 nitrogen and oxygen atoms in total. The van der Waals surface area contributed by atoms with E-state index in [2.05, 4.69) is 0 Å². The largest absolute Gasteiger partial charge is 0.489 e. The molecule has 2 atom stereocenters. The maximum absolute atomic E-state index is 13.3. The van der Waals surface area contributed by atoms with Crippen LogP contribution in [0.5, 0.6) is 23.0 Å². The fraction of sp³-hybridized carbons (Fsp3) is 0.211. The van der Waals surface area contributed by atoms with Gasteiger partial charge in [-0.25, -0.2) is 0 Å². The third kappa shape index (κ3) is 1.58. The van der Waals surface area contributed by atoms with Crippen LogP contribution in [-0.4, -0.2) is 30.4 Å². The maximum Gasteiger partial charge on any atom is 0.231 e. The van der Waals surface area contributed by atoms with E-state index < -0.39 is 17.5 Å². The number of aliphatic hydroxyl groups is 1. The van der Waals surface area contributed by atoms with E-state index in [0.717, 1.165) is 5.39 Å². The third-order valence-corrected chi connectivity index (χ3v) is 5.16. The van der Waals surface area contributed by atoms with Crippen LogP contribution in [-0.2, 0) is 5.60 Å². The summed E-state index contributed by atoms with van der Waals surface area (Å²) in [5.41, 5.74) is -0.620. The first kappa shape index (κ1) is 14.0. The van der Waals surface area contributed by atoms with E-state index in [1.54, 1.807) is 36.6 Å². The summed E-state index contributed by atoms with van der Waals surface area (Å²) in [6.07, 6.45) is 0.671. The molecule has 130 valence electrons. The number of furan rings is 1. The molecule has 0 radical (unpaired) electrons. The maximum atomic E-state index is 13.3. The van der Waals surface area contributed by atoms with E-state index in [0.29, 0.717) is 39.7 Å². The first-order valence-electron chi connectivity index (χ1n) is 8.16. The minimum Gasteiger partial charge on any atom is -0.489 e. The highest BCUT2D eigenvalue weighted by Crippen LogP contribution is 2.50. The molecule has 0 fully saturated rings. The van der Waals surface area contributed by atoms with Gasteiger partial charge in [0.2, 0.25) is 12.6 Å². The van der Waals surface area contributed by atoms with Gasteiger partial charge in [0.1, 0.15) is 23.7 Å². The van der Waals surface area contributed by atoms with Crippen LogP contribution in [0.15, 0.2) is 41.0 Å². The lowest BCUT2D eigenvalue weighted by Gasteiger charge is -2.42. The van der Waals surface area contributed by atoms with E-state index in [4.69, 9.17) is 23.4 Å². The second kappa shape index (κ2) is 4.50. The normalized spacial score (nSPS) is 25.1. The van der Waals surface area contributed by atoms with E-state index in [9.17, 15) is 9.90 Å². The van der Waals surface area contributed by atoms with Gasteiger partial charge in [0.05, 0.1) is 11.8 Å². The summed E-state index contributed by atoms with van der Waals surface area (Å²) < 4.78 is 27.8. The van der Waals surface area contributed by atoms with Crippen LogP contribution >= 0.6 is 0 Å². The summed E-state index contributed by atoms with van der Waals surface area (Å²) in [4.78, 5) is 13.3. The molecule has 7 heteroatoms. The monoisotopic (exact) mass is 352 g/mol. The molecule has 26 heavy (non-hydrogen) atoms. The van der Waals surface area contributed by atoms with Crippen molar-refractivity contribution in [1.29, 1.82) is 0 Å². The van der Waals surface area contributed by atoms with Gasteiger partial charge in [-0.05, 0) is 18.2 Å². The molecule has 0 amide bonds. The van der Waals surface area contributed by atoms with Gasteiger partial charge in [-0.1, -0.05) is 0 Å². The summed E-state index contributed by atoms with van der Waals surface area (Å²) in [7, 11) is 0. The lowest BCUT2D eigenvalue weighted by molar-refractivity contribution is -0.0798. The summed E-state index contributed by atoms with van der Waals surface area (Å²) in [6, 6.07) is 8.32. The minimum atomic E-state index is -1.86. The van der Waals surface area contributed by atoms with Crippen LogP contribution in [0.2, 0.25) is 0 Å². The molecule has 3 aliphatic rings. The van der Waals surface area contributed by atoms with Crippen molar-refractivity contribution in [3.05, 3.63) is 47.7 Å². The van der Waals surface area contributed by atoms with E-state index in [1.165, 1.54) is 0 Å². The molecule has 4 heterocycles. The van der Waals surface area contributed by atoms with Gasteiger partial charge in [-0.15, -0.1) is 0 Å². The number of ketones is 1. The topological polar surface area (TPSA) is 87.4 Å². The second-order valence-corrected chi connectivity index (χ2v) is 6.52. The minimum absolute atomic E-state index is 0.0323. The molecule has 0 bridgehead atoms. The van der Waals surface area contributed by atoms with Gasteiger partial charge in [0.25, 0.3) is 0 Å². The van der Waals surface area contributed by atoms with Crippen molar-refractivity contribution in [2.45, 2.75) is 11.7 Å². The number of hydrogen-bond acceptors (Lipinski definition) is 7. The van der Waals surface area contributed by atoms with Crippen molar-refractivity contribution in [1.82, 2.24) is 0 Å². The Morgan fingerprint density at radius 1 is 1.00 bits per heavy atom. The summed E-state index contributed by atoms with van der Waals surface area (Å²) in [5.74, 6) is 1.31. The Balaban J connectivity index is 1.57. The van der Waals surface area contributed by atoms with Crippen LogP contribution in [0, 0.1) is 0 Å². The average molecular weight is 352 g/mol. The van der Waals surface area contributed by atoms with Crippen molar-refractivity contribution in [3.8, 4) is 23.0 Å². The Hall–Kier alpha value is -3.19. The zero-order chi connectivity index (χ0) is 17.5. The lowest BCUT2D eigenvalue weighted by Crippen LogP contribution is -2.57. The highest BCUT2D eigenvalue weighted by atomic mass is 16.7. The molecule has 6 rings (SSSR count). The van der Waals surface area contributed by atoms with Crippen LogP contribution in [0.3, 0.4) is 0 Å². The molecule has 0 aliphatic carbocycles. The molecular weight excluding hydrogens is 340 g/mol. The standard InChI is InChI=1S/C19H12O7/c20-18-10-3-9-1-2-22-12(9)5-13(10)26-17-7-23-14-6-16-15(24-8-25-16)4-11(14)19(17,18)21/h1-6,17,21H,7-8H2/t17-,19-/m0/s1. The summed E-state index contributed by atoms with van der Waals surface area (Å²) in [6.45, 7) is 0.121. The molecule has 0 spiro atoms. The van der Waals surface area contributed by atoms with Gasteiger partial charge >= 0.3 is 0 Å². The van der Waals surface area contributed by atoms with Crippen molar-refractivity contribution < 1.29 is 33.3 Å². The van der Waals surface area contributed by atoms with Crippen LogP contribution < -0.4 is 18.9 Å². The van der Waals surface area contributed by atoms with Crippen LogP contribution in [0.1, 0.15) is 15.9 Å². The smallest absolute Gasteiger partial charge is 0.231 e. The Labute approximate surface area is 146 Å². The number of hydrogen-bond donors (Lipinski definition) is 1. The Morgan fingerprint density at radius 2 is 1.85 bits per heavy atom. The number of carbonyl (C=O) groups excluding carboxylic acids is 1. The third-order valence-electron chi connectivity index (χ3n) is 5.16. The average Bonchev–Trinajstić information content (AvgIpc) is 3.28. The molecule has 1 aromatic heterocycles. The molecule has 1 N–H and O–H groups in total. The predicted octanol–water partition coefficient (Wildman–Crippen LogP) is 2.39. The Morgan fingerprint density at radius 3 is 2.73 bits per heavy atom. The van der Waals surface area contributed by atoms with E-state index in [1.807, 2.05) is 0 Å². The fourth-order valence-electron chi connectivity index (χ4n) is 3.81. The predicted molar refractivity (Wildman–Crippen MR) is 86.9 cm³/mol. The molecule has 0 saturated heterocycles. The van der Waals surface area contributed by atoms with Gasteiger partial charge in [-0.2, -0.15) is 0 Å². The van der Waals surface area contributed by atoms with Gasteiger partial charge in [0, 0.05) is 23.1 Å². The van der Waals surface area contributed by atoms with Crippen LogP contribution in [0.25, 0.3) is 11.0 Å². The van der Waals surface area contributed by atoms with Crippen LogP contribution in [0.4, 0.5) is 0 Å². The Kier molecular flexibility index (Phi) is 2.43. The molecule has 3 aliphatic heterocycles. The number of carbonyl (C=O) groups is 1. The first-order chi connectivity index (χ1) is 12.6.